The van der Waals surface area contributed by atoms with Crippen molar-refractivity contribution in [2.45, 2.75) is 31.7 Å². The van der Waals surface area contributed by atoms with Gasteiger partial charge >= 0.3 is 0 Å². The highest BCUT2D eigenvalue weighted by Gasteiger charge is 2.31. The van der Waals surface area contributed by atoms with Crippen LogP contribution in [-0.4, -0.2) is 32.1 Å². The lowest BCUT2D eigenvalue weighted by atomic mass is 9.81. The van der Waals surface area contributed by atoms with E-state index in [1.165, 1.54) is 6.26 Å². The Hall–Kier alpha value is -0.430. The van der Waals surface area contributed by atoms with Crippen LogP contribution in [0.3, 0.4) is 0 Å². The average Bonchev–Trinajstić information content (AvgIpc) is 2.38. The first-order valence-electron chi connectivity index (χ1n) is 7.18. The Morgan fingerprint density at radius 3 is 2.57 bits per heavy atom. The molecule has 1 fully saturated rings. The number of benzene rings is 1. The molecule has 6 heteroatoms. The fourth-order valence-corrected chi connectivity index (χ4v) is 4.25. The molecule has 0 spiro atoms. The van der Waals surface area contributed by atoms with Gasteiger partial charge in [0.15, 0.2) is 0 Å². The zero-order chi connectivity index (χ0) is 15.7. The van der Waals surface area contributed by atoms with E-state index in [0.29, 0.717) is 19.0 Å². The monoisotopic (exact) mass is 374 g/mol. The number of halogens is 1. The lowest BCUT2D eigenvalue weighted by molar-refractivity contribution is 0.221. The van der Waals surface area contributed by atoms with Crippen LogP contribution < -0.4 is 5.73 Å². The van der Waals surface area contributed by atoms with Crippen LogP contribution in [-0.2, 0) is 15.6 Å². The predicted octanol–water partition coefficient (Wildman–Crippen LogP) is 2.68. The first kappa shape index (κ1) is 16.9. The van der Waals surface area contributed by atoms with E-state index in [2.05, 4.69) is 15.9 Å². The van der Waals surface area contributed by atoms with Crippen LogP contribution in [0.25, 0.3) is 0 Å². The largest absolute Gasteiger partial charge is 0.322 e. The number of sulfonamides is 1. The minimum atomic E-state index is -3.10. The normalized spacial score (nSPS) is 23.7. The van der Waals surface area contributed by atoms with Crippen LogP contribution in [0.15, 0.2) is 28.7 Å². The van der Waals surface area contributed by atoms with Gasteiger partial charge in [-0.05, 0) is 49.8 Å². The summed E-state index contributed by atoms with van der Waals surface area (Å²) in [4.78, 5) is 0. The van der Waals surface area contributed by atoms with Crippen LogP contribution in [0.1, 0.15) is 31.7 Å². The van der Waals surface area contributed by atoms with E-state index < -0.39 is 15.6 Å². The second-order valence-electron chi connectivity index (χ2n) is 6.26. The van der Waals surface area contributed by atoms with Crippen molar-refractivity contribution in [1.82, 2.24) is 4.31 Å². The van der Waals surface area contributed by atoms with Gasteiger partial charge in [0, 0.05) is 23.1 Å². The predicted molar refractivity (Wildman–Crippen MR) is 89.4 cm³/mol. The number of nitrogens with two attached hydrogens (primary N) is 1. The maximum atomic E-state index is 11.7. The van der Waals surface area contributed by atoms with Gasteiger partial charge in [-0.1, -0.05) is 28.1 Å². The van der Waals surface area contributed by atoms with E-state index in [-0.39, 0.29) is 0 Å². The molecule has 2 N–H and O–H groups in total. The van der Waals surface area contributed by atoms with Gasteiger partial charge in [-0.25, -0.2) is 12.7 Å². The van der Waals surface area contributed by atoms with Gasteiger partial charge in [-0.3, -0.25) is 0 Å². The maximum Gasteiger partial charge on any atom is 0.211 e. The Morgan fingerprint density at radius 1 is 1.38 bits per heavy atom. The van der Waals surface area contributed by atoms with Crippen LogP contribution in [0.4, 0.5) is 0 Å². The standard InChI is InChI=1S/C15H23BrN2O2S/c1-15(17,13-5-7-14(16)8-6-13)10-12-4-3-9-18(11-12)21(2,19)20/h5-8,12H,3-4,9-11,17H2,1-2H3. The molecule has 1 aliphatic rings. The second kappa shape index (κ2) is 6.36. The molecule has 21 heavy (non-hydrogen) atoms. The number of piperidine rings is 1. The first-order valence-corrected chi connectivity index (χ1v) is 9.83. The molecule has 2 rings (SSSR count). The van der Waals surface area contributed by atoms with E-state index in [1.807, 2.05) is 31.2 Å². The number of hydrogen-bond acceptors (Lipinski definition) is 3. The molecule has 1 saturated heterocycles. The molecular formula is C15H23BrN2O2S. The summed E-state index contributed by atoms with van der Waals surface area (Å²) < 4.78 is 26.0. The number of hydrogen-bond donors (Lipinski definition) is 1. The maximum absolute atomic E-state index is 11.7. The summed E-state index contributed by atoms with van der Waals surface area (Å²) in [6.07, 6.45) is 4.02. The van der Waals surface area contributed by atoms with Gasteiger partial charge < -0.3 is 5.73 Å². The molecule has 2 unspecified atom stereocenters. The third-order valence-corrected chi connectivity index (χ3v) is 5.97. The number of rotatable bonds is 4. The summed E-state index contributed by atoms with van der Waals surface area (Å²) in [6.45, 7) is 3.24. The fraction of sp³-hybridized carbons (Fsp3) is 0.600. The summed E-state index contributed by atoms with van der Waals surface area (Å²) in [6, 6.07) is 8.04. The highest BCUT2D eigenvalue weighted by molar-refractivity contribution is 9.10. The average molecular weight is 375 g/mol. The Balaban J connectivity index is 2.07. The van der Waals surface area contributed by atoms with Crippen molar-refractivity contribution in [3.63, 3.8) is 0 Å². The van der Waals surface area contributed by atoms with Gasteiger partial charge in [0.05, 0.1) is 6.26 Å². The van der Waals surface area contributed by atoms with Gasteiger partial charge in [0.1, 0.15) is 0 Å². The Morgan fingerprint density at radius 2 is 2.00 bits per heavy atom. The van der Waals surface area contributed by atoms with Crippen LogP contribution in [0.2, 0.25) is 0 Å². The third-order valence-electron chi connectivity index (χ3n) is 4.17. The SMILES string of the molecule is CC(N)(CC1CCCN(S(C)(=O)=O)C1)c1ccc(Br)cc1. The first-order chi connectivity index (χ1) is 9.68. The van der Waals surface area contributed by atoms with Gasteiger partial charge in [-0.2, -0.15) is 0 Å². The molecule has 1 heterocycles. The molecule has 0 saturated carbocycles. The van der Waals surface area contributed by atoms with Crippen molar-refractivity contribution in [2.24, 2.45) is 11.7 Å². The fourth-order valence-electron chi connectivity index (χ4n) is 3.04. The van der Waals surface area contributed by atoms with E-state index in [9.17, 15) is 8.42 Å². The topological polar surface area (TPSA) is 63.4 Å². The van der Waals surface area contributed by atoms with Crippen LogP contribution in [0, 0.1) is 5.92 Å². The van der Waals surface area contributed by atoms with Gasteiger partial charge in [0.2, 0.25) is 10.0 Å². The number of nitrogens with zero attached hydrogens (tertiary/aromatic N) is 1. The van der Waals surface area contributed by atoms with E-state index in [1.54, 1.807) is 4.31 Å². The molecule has 1 aliphatic heterocycles. The smallest absolute Gasteiger partial charge is 0.211 e. The molecule has 0 aromatic heterocycles. The molecule has 118 valence electrons. The molecule has 1 aromatic carbocycles. The summed E-state index contributed by atoms with van der Waals surface area (Å²) in [7, 11) is -3.10. The molecular weight excluding hydrogens is 352 g/mol. The third kappa shape index (κ3) is 4.52. The van der Waals surface area contributed by atoms with Crippen molar-refractivity contribution in [3.8, 4) is 0 Å². The van der Waals surface area contributed by atoms with Gasteiger partial charge in [0.25, 0.3) is 0 Å². The van der Waals surface area contributed by atoms with Crippen molar-refractivity contribution >= 4 is 26.0 Å². The molecule has 2 atom stereocenters. The van der Waals surface area contributed by atoms with Gasteiger partial charge in [-0.15, -0.1) is 0 Å². The molecule has 1 aromatic rings. The Kier molecular flexibility index (Phi) is 5.13. The van der Waals surface area contributed by atoms with Crippen molar-refractivity contribution in [2.75, 3.05) is 19.3 Å². The summed E-state index contributed by atoms with van der Waals surface area (Å²) in [5.41, 5.74) is 7.14. The quantitative estimate of drug-likeness (QED) is 0.880. The second-order valence-corrected chi connectivity index (χ2v) is 9.16. The lowest BCUT2D eigenvalue weighted by Crippen LogP contribution is -2.43. The van der Waals surface area contributed by atoms with Crippen molar-refractivity contribution < 1.29 is 8.42 Å². The van der Waals surface area contributed by atoms with E-state index in [4.69, 9.17) is 5.73 Å². The van der Waals surface area contributed by atoms with Crippen LogP contribution >= 0.6 is 15.9 Å². The summed E-state index contributed by atoms with van der Waals surface area (Å²) in [5.74, 6) is 0.312. The molecule has 0 bridgehead atoms. The molecule has 0 aliphatic carbocycles. The highest BCUT2D eigenvalue weighted by Crippen LogP contribution is 2.31. The highest BCUT2D eigenvalue weighted by atomic mass is 79.9. The minimum absolute atomic E-state index is 0.312. The zero-order valence-corrected chi connectivity index (χ0v) is 15.0. The van der Waals surface area contributed by atoms with Crippen LogP contribution in [0.5, 0.6) is 0 Å². The molecule has 0 radical (unpaired) electrons. The lowest BCUT2D eigenvalue weighted by Gasteiger charge is -2.36. The van der Waals surface area contributed by atoms with E-state index in [0.717, 1.165) is 29.3 Å². The summed E-state index contributed by atoms with van der Waals surface area (Å²) in [5, 5.41) is 0. The zero-order valence-electron chi connectivity index (χ0n) is 12.5. The summed E-state index contributed by atoms with van der Waals surface area (Å²) >= 11 is 3.43. The van der Waals surface area contributed by atoms with E-state index >= 15 is 0 Å². The Bertz CT molecular complexity index is 584. The molecule has 4 nitrogen and oxygen atoms in total. The Labute approximate surface area is 135 Å². The van der Waals surface area contributed by atoms with Crippen molar-refractivity contribution in [3.05, 3.63) is 34.3 Å². The minimum Gasteiger partial charge on any atom is -0.322 e. The molecule has 0 amide bonds. The van der Waals surface area contributed by atoms with Crippen molar-refractivity contribution in [1.29, 1.82) is 0 Å².